The van der Waals surface area contributed by atoms with Crippen molar-refractivity contribution in [3.63, 3.8) is 0 Å². The van der Waals surface area contributed by atoms with Gasteiger partial charge in [-0.1, -0.05) is 12.8 Å². The number of aromatic nitrogens is 4. The highest BCUT2D eigenvalue weighted by atomic mass is 15.3. The highest BCUT2D eigenvalue weighted by Gasteiger charge is 2.18. The van der Waals surface area contributed by atoms with Crippen molar-refractivity contribution in [1.29, 1.82) is 0 Å². The number of nitrogens with one attached hydrogen (secondary N) is 1. The van der Waals surface area contributed by atoms with Gasteiger partial charge in [-0.3, -0.25) is 9.25 Å². The first-order chi connectivity index (χ1) is 8.72. The van der Waals surface area contributed by atoms with Gasteiger partial charge < -0.3 is 5.32 Å². The van der Waals surface area contributed by atoms with Crippen LogP contribution in [0.5, 0.6) is 0 Å². The molecule has 0 radical (unpaired) electrons. The Morgan fingerprint density at radius 3 is 2.78 bits per heavy atom. The van der Waals surface area contributed by atoms with Crippen LogP contribution in [-0.4, -0.2) is 25.4 Å². The summed E-state index contributed by atoms with van der Waals surface area (Å²) in [6.07, 6.45) is 9.10. The second-order valence-electron chi connectivity index (χ2n) is 5.05. The van der Waals surface area contributed by atoms with Gasteiger partial charge in [-0.25, -0.2) is 4.98 Å². The standard InChI is InChI=1S/C13H19N5/c1-10-9-18(12-7-8-17(2)16-12)13(14-10)15-11-5-3-4-6-11/h7-9,11H,3-6H2,1-2H3,(H,14,15). The summed E-state index contributed by atoms with van der Waals surface area (Å²) in [5.74, 6) is 1.83. The molecule has 3 rings (SSSR count). The summed E-state index contributed by atoms with van der Waals surface area (Å²) in [6.45, 7) is 2.01. The van der Waals surface area contributed by atoms with Crippen LogP contribution in [0.25, 0.3) is 5.82 Å². The van der Waals surface area contributed by atoms with Crippen LogP contribution < -0.4 is 5.32 Å². The molecule has 5 heteroatoms. The number of imidazole rings is 1. The van der Waals surface area contributed by atoms with E-state index < -0.39 is 0 Å². The largest absolute Gasteiger partial charge is 0.353 e. The van der Waals surface area contributed by atoms with Gasteiger partial charge in [0.1, 0.15) is 0 Å². The topological polar surface area (TPSA) is 47.7 Å². The molecule has 0 unspecified atom stereocenters. The molecular formula is C13H19N5. The summed E-state index contributed by atoms with van der Waals surface area (Å²) in [7, 11) is 1.93. The highest BCUT2D eigenvalue weighted by Crippen LogP contribution is 2.23. The molecule has 2 aromatic rings. The van der Waals surface area contributed by atoms with Crippen molar-refractivity contribution in [2.75, 3.05) is 5.32 Å². The summed E-state index contributed by atoms with van der Waals surface area (Å²) in [4.78, 5) is 4.56. The molecule has 5 nitrogen and oxygen atoms in total. The molecule has 1 aliphatic carbocycles. The number of hydrogen-bond acceptors (Lipinski definition) is 3. The van der Waals surface area contributed by atoms with E-state index in [0.717, 1.165) is 17.5 Å². The Bertz CT molecular complexity index is 533. The number of rotatable bonds is 3. The highest BCUT2D eigenvalue weighted by molar-refractivity contribution is 5.39. The van der Waals surface area contributed by atoms with E-state index in [-0.39, 0.29) is 0 Å². The minimum Gasteiger partial charge on any atom is -0.353 e. The van der Waals surface area contributed by atoms with Crippen LogP contribution >= 0.6 is 0 Å². The minimum atomic E-state index is 0.564. The van der Waals surface area contributed by atoms with Crippen molar-refractivity contribution < 1.29 is 0 Å². The van der Waals surface area contributed by atoms with Gasteiger partial charge in [0.2, 0.25) is 5.95 Å². The van der Waals surface area contributed by atoms with Crippen molar-refractivity contribution in [2.24, 2.45) is 7.05 Å². The van der Waals surface area contributed by atoms with Crippen molar-refractivity contribution in [1.82, 2.24) is 19.3 Å². The Labute approximate surface area is 107 Å². The lowest BCUT2D eigenvalue weighted by Gasteiger charge is -2.13. The average molecular weight is 245 g/mol. The van der Waals surface area contributed by atoms with Gasteiger partial charge in [0.15, 0.2) is 5.82 Å². The number of aryl methyl sites for hydroxylation is 2. The molecule has 1 N–H and O–H groups in total. The summed E-state index contributed by atoms with van der Waals surface area (Å²) < 4.78 is 3.84. The van der Waals surface area contributed by atoms with Crippen molar-refractivity contribution in [2.45, 2.75) is 38.6 Å². The van der Waals surface area contributed by atoms with Crippen molar-refractivity contribution in [3.05, 3.63) is 24.2 Å². The molecule has 0 atom stereocenters. The number of anilines is 1. The zero-order valence-corrected chi connectivity index (χ0v) is 10.9. The Hall–Kier alpha value is -1.78. The molecule has 1 aliphatic rings. The van der Waals surface area contributed by atoms with Crippen molar-refractivity contribution >= 4 is 5.95 Å². The molecule has 0 amide bonds. The van der Waals surface area contributed by atoms with Crippen LogP contribution in [0.15, 0.2) is 18.5 Å². The SMILES string of the molecule is Cc1cn(-c2ccn(C)n2)c(NC2CCCC2)n1. The van der Waals surface area contributed by atoms with E-state index >= 15 is 0 Å². The van der Waals surface area contributed by atoms with E-state index in [4.69, 9.17) is 0 Å². The summed E-state index contributed by atoms with van der Waals surface area (Å²) in [6, 6.07) is 2.57. The molecule has 0 bridgehead atoms. The second kappa shape index (κ2) is 4.48. The lowest BCUT2D eigenvalue weighted by Crippen LogP contribution is -2.17. The summed E-state index contributed by atoms with van der Waals surface area (Å²) >= 11 is 0. The van der Waals surface area contributed by atoms with E-state index in [1.807, 2.05) is 41.7 Å². The Morgan fingerprint density at radius 1 is 1.33 bits per heavy atom. The Morgan fingerprint density at radius 2 is 2.11 bits per heavy atom. The maximum Gasteiger partial charge on any atom is 0.209 e. The summed E-state index contributed by atoms with van der Waals surface area (Å²) in [5, 5.41) is 7.97. The van der Waals surface area contributed by atoms with Gasteiger partial charge in [0.25, 0.3) is 0 Å². The Balaban J connectivity index is 1.89. The fourth-order valence-corrected chi connectivity index (χ4v) is 2.56. The Kier molecular flexibility index (Phi) is 2.81. The first kappa shape index (κ1) is 11.3. The molecular weight excluding hydrogens is 226 g/mol. The van der Waals surface area contributed by atoms with Crippen LogP contribution in [0, 0.1) is 6.92 Å². The molecule has 2 aromatic heterocycles. The molecule has 18 heavy (non-hydrogen) atoms. The monoisotopic (exact) mass is 245 g/mol. The van der Waals surface area contributed by atoms with Crippen molar-refractivity contribution in [3.8, 4) is 5.82 Å². The fourth-order valence-electron chi connectivity index (χ4n) is 2.56. The van der Waals surface area contributed by atoms with E-state index in [1.165, 1.54) is 25.7 Å². The maximum absolute atomic E-state index is 4.56. The lowest BCUT2D eigenvalue weighted by atomic mass is 10.2. The fraction of sp³-hybridized carbons (Fsp3) is 0.538. The van der Waals surface area contributed by atoms with Crippen LogP contribution in [0.2, 0.25) is 0 Å². The second-order valence-corrected chi connectivity index (χ2v) is 5.05. The molecule has 0 saturated heterocycles. The average Bonchev–Trinajstić information content (AvgIpc) is 3.01. The number of nitrogens with zero attached hydrogens (tertiary/aromatic N) is 4. The van der Waals surface area contributed by atoms with E-state index in [9.17, 15) is 0 Å². The van der Waals surface area contributed by atoms with Crippen LogP contribution in [0.1, 0.15) is 31.4 Å². The third kappa shape index (κ3) is 2.12. The lowest BCUT2D eigenvalue weighted by molar-refractivity contribution is 0.728. The van der Waals surface area contributed by atoms with E-state index in [1.54, 1.807) is 0 Å². The van der Waals surface area contributed by atoms with Gasteiger partial charge in [-0.15, -0.1) is 0 Å². The zero-order valence-electron chi connectivity index (χ0n) is 10.9. The first-order valence-corrected chi connectivity index (χ1v) is 6.55. The first-order valence-electron chi connectivity index (χ1n) is 6.55. The van der Waals surface area contributed by atoms with Crippen LogP contribution in [0.3, 0.4) is 0 Å². The van der Waals surface area contributed by atoms with Gasteiger partial charge in [-0.05, 0) is 19.8 Å². The molecule has 0 spiro atoms. The van der Waals surface area contributed by atoms with Crippen LogP contribution in [-0.2, 0) is 7.05 Å². The van der Waals surface area contributed by atoms with Gasteiger partial charge in [-0.2, -0.15) is 5.10 Å². The van der Waals surface area contributed by atoms with Crippen LogP contribution in [0.4, 0.5) is 5.95 Å². The quantitative estimate of drug-likeness (QED) is 0.902. The normalized spacial score (nSPS) is 16.3. The van der Waals surface area contributed by atoms with Gasteiger partial charge in [0.05, 0.1) is 5.69 Å². The molecule has 1 fully saturated rings. The van der Waals surface area contributed by atoms with Gasteiger partial charge in [0, 0.05) is 31.5 Å². The smallest absolute Gasteiger partial charge is 0.209 e. The third-order valence-electron chi connectivity index (χ3n) is 3.46. The molecule has 1 saturated carbocycles. The molecule has 2 heterocycles. The zero-order chi connectivity index (χ0) is 12.5. The molecule has 0 aromatic carbocycles. The van der Waals surface area contributed by atoms with E-state index in [0.29, 0.717) is 6.04 Å². The third-order valence-corrected chi connectivity index (χ3v) is 3.46. The minimum absolute atomic E-state index is 0.564. The molecule has 96 valence electrons. The predicted molar refractivity (Wildman–Crippen MR) is 70.9 cm³/mol. The molecule has 0 aliphatic heterocycles. The number of hydrogen-bond donors (Lipinski definition) is 1. The predicted octanol–water partition coefficient (Wildman–Crippen LogP) is 2.27. The summed E-state index contributed by atoms with van der Waals surface area (Å²) in [5.41, 5.74) is 1.01. The van der Waals surface area contributed by atoms with Gasteiger partial charge >= 0.3 is 0 Å². The van der Waals surface area contributed by atoms with E-state index in [2.05, 4.69) is 15.4 Å². The maximum atomic E-state index is 4.56.